The molecule has 1 aromatic heterocycles. The number of carbonyl (C=O) groups excluding carboxylic acids is 1. The number of nitrogens with two attached hydrogens (primary N) is 1. The van der Waals surface area contributed by atoms with Crippen LogP contribution in [-0.2, 0) is 0 Å². The van der Waals surface area contributed by atoms with Crippen molar-refractivity contribution in [1.29, 1.82) is 0 Å². The summed E-state index contributed by atoms with van der Waals surface area (Å²) in [4.78, 5) is 20.2. The molecule has 0 unspecified atom stereocenters. The molecule has 0 radical (unpaired) electrons. The molecule has 0 aliphatic carbocycles. The SMILES string of the molecule is COc1ccc(C(=O)Nc2ncc(Br)nc2Br)cc1N. The van der Waals surface area contributed by atoms with Gasteiger partial charge in [0.2, 0.25) is 0 Å². The van der Waals surface area contributed by atoms with Gasteiger partial charge in [0, 0.05) is 5.56 Å². The second-order valence-corrected chi connectivity index (χ2v) is 5.31. The van der Waals surface area contributed by atoms with Gasteiger partial charge in [-0.1, -0.05) is 0 Å². The van der Waals surface area contributed by atoms with Crippen molar-refractivity contribution in [2.24, 2.45) is 0 Å². The van der Waals surface area contributed by atoms with E-state index in [0.29, 0.717) is 32.0 Å². The predicted molar refractivity (Wildman–Crippen MR) is 82.8 cm³/mol. The number of methoxy groups -OCH3 is 1. The lowest BCUT2D eigenvalue weighted by Crippen LogP contribution is -2.14. The fraction of sp³-hybridized carbons (Fsp3) is 0.0833. The zero-order valence-electron chi connectivity index (χ0n) is 10.4. The second-order valence-electron chi connectivity index (χ2n) is 3.74. The zero-order chi connectivity index (χ0) is 14.7. The number of anilines is 2. The molecular weight excluding hydrogens is 392 g/mol. The molecule has 0 saturated heterocycles. The first-order valence-electron chi connectivity index (χ1n) is 5.44. The summed E-state index contributed by atoms with van der Waals surface area (Å²) in [6.07, 6.45) is 1.49. The van der Waals surface area contributed by atoms with Crippen molar-refractivity contribution in [2.75, 3.05) is 18.2 Å². The Hall–Kier alpha value is -1.67. The van der Waals surface area contributed by atoms with E-state index >= 15 is 0 Å². The maximum absolute atomic E-state index is 12.1. The maximum atomic E-state index is 12.1. The van der Waals surface area contributed by atoms with Crippen molar-refractivity contribution in [3.05, 3.63) is 39.2 Å². The van der Waals surface area contributed by atoms with Gasteiger partial charge in [0.05, 0.1) is 19.0 Å². The van der Waals surface area contributed by atoms with Crippen molar-refractivity contribution in [2.45, 2.75) is 0 Å². The summed E-state index contributed by atoms with van der Waals surface area (Å²) < 4.78 is 6.04. The number of nitrogens with one attached hydrogen (secondary N) is 1. The summed E-state index contributed by atoms with van der Waals surface area (Å²) in [5.41, 5.74) is 6.56. The van der Waals surface area contributed by atoms with Crippen molar-refractivity contribution in [3.63, 3.8) is 0 Å². The number of aromatic nitrogens is 2. The van der Waals surface area contributed by atoms with Crippen molar-refractivity contribution in [3.8, 4) is 5.75 Å². The average Bonchev–Trinajstić information content (AvgIpc) is 2.41. The number of ether oxygens (including phenoxy) is 1. The molecule has 6 nitrogen and oxygen atoms in total. The summed E-state index contributed by atoms with van der Waals surface area (Å²) in [6, 6.07) is 4.78. The van der Waals surface area contributed by atoms with Crippen LogP contribution in [0.1, 0.15) is 10.4 Å². The first-order valence-corrected chi connectivity index (χ1v) is 7.02. The van der Waals surface area contributed by atoms with E-state index in [1.54, 1.807) is 12.1 Å². The molecule has 0 fully saturated rings. The Morgan fingerprint density at radius 3 is 2.75 bits per heavy atom. The highest BCUT2D eigenvalue weighted by atomic mass is 79.9. The third kappa shape index (κ3) is 3.26. The minimum atomic E-state index is -0.336. The Kier molecular flexibility index (Phi) is 4.56. The number of amides is 1. The normalized spacial score (nSPS) is 10.2. The second kappa shape index (κ2) is 6.19. The van der Waals surface area contributed by atoms with E-state index < -0.39 is 0 Å². The van der Waals surface area contributed by atoms with Gasteiger partial charge in [0.25, 0.3) is 5.91 Å². The van der Waals surface area contributed by atoms with Gasteiger partial charge in [-0.2, -0.15) is 0 Å². The highest BCUT2D eigenvalue weighted by Gasteiger charge is 2.12. The monoisotopic (exact) mass is 400 g/mol. The molecule has 20 heavy (non-hydrogen) atoms. The average molecular weight is 402 g/mol. The van der Waals surface area contributed by atoms with Gasteiger partial charge in [-0.15, -0.1) is 0 Å². The third-order valence-corrected chi connectivity index (χ3v) is 3.36. The number of hydrogen-bond acceptors (Lipinski definition) is 5. The molecule has 8 heteroatoms. The maximum Gasteiger partial charge on any atom is 0.256 e. The van der Waals surface area contributed by atoms with Crippen LogP contribution >= 0.6 is 31.9 Å². The summed E-state index contributed by atoms with van der Waals surface area (Å²) >= 11 is 6.41. The molecule has 0 aliphatic heterocycles. The van der Waals surface area contributed by atoms with Gasteiger partial charge in [0.1, 0.15) is 15.0 Å². The first-order chi connectivity index (χ1) is 9.51. The number of nitrogen functional groups attached to an aromatic ring is 1. The minimum absolute atomic E-state index is 0.326. The predicted octanol–water partition coefficient (Wildman–Crippen LogP) is 2.84. The van der Waals surface area contributed by atoms with E-state index in [-0.39, 0.29) is 5.91 Å². The van der Waals surface area contributed by atoms with Gasteiger partial charge >= 0.3 is 0 Å². The Morgan fingerprint density at radius 2 is 2.15 bits per heavy atom. The molecule has 0 saturated carbocycles. The number of hydrogen-bond donors (Lipinski definition) is 2. The molecule has 2 aromatic rings. The third-order valence-electron chi connectivity index (χ3n) is 2.42. The summed E-state index contributed by atoms with van der Waals surface area (Å²) in [6.45, 7) is 0. The Morgan fingerprint density at radius 1 is 1.40 bits per heavy atom. The number of carbonyl (C=O) groups is 1. The first kappa shape index (κ1) is 14.7. The Bertz CT molecular complexity index is 664. The molecule has 0 bridgehead atoms. The largest absolute Gasteiger partial charge is 0.495 e. The van der Waals surface area contributed by atoms with Gasteiger partial charge < -0.3 is 15.8 Å². The van der Waals surface area contributed by atoms with Gasteiger partial charge in [0.15, 0.2) is 5.82 Å². The van der Waals surface area contributed by atoms with Crippen LogP contribution in [0.4, 0.5) is 11.5 Å². The van der Waals surface area contributed by atoms with E-state index in [1.807, 2.05) is 0 Å². The molecule has 104 valence electrons. The number of halogens is 2. The molecule has 1 amide bonds. The number of rotatable bonds is 3. The van der Waals surface area contributed by atoms with Crippen LogP contribution in [0.15, 0.2) is 33.6 Å². The highest BCUT2D eigenvalue weighted by molar-refractivity contribution is 9.11. The molecule has 0 atom stereocenters. The molecule has 1 heterocycles. The van der Waals surface area contributed by atoms with Crippen LogP contribution in [0.3, 0.4) is 0 Å². The van der Waals surface area contributed by atoms with Crippen LogP contribution in [0.5, 0.6) is 5.75 Å². The lowest BCUT2D eigenvalue weighted by molar-refractivity contribution is 0.102. The van der Waals surface area contributed by atoms with Crippen LogP contribution in [-0.4, -0.2) is 23.0 Å². The Labute approximate surface area is 132 Å². The van der Waals surface area contributed by atoms with Gasteiger partial charge in [-0.05, 0) is 50.1 Å². The molecule has 2 rings (SSSR count). The number of nitrogens with zero attached hydrogens (tertiary/aromatic N) is 2. The Balaban J connectivity index is 2.21. The van der Waals surface area contributed by atoms with Crippen molar-refractivity contribution in [1.82, 2.24) is 9.97 Å². The molecule has 3 N–H and O–H groups in total. The van der Waals surface area contributed by atoms with Crippen LogP contribution < -0.4 is 15.8 Å². The lowest BCUT2D eigenvalue weighted by Gasteiger charge is -2.08. The fourth-order valence-electron chi connectivity index (χ4n) is 1.49. The summed E-state index contributed by atoms with van der Waals surface area (Å²) in [5.74, 6) is 0.510. The van der Waals surface area contributed by atoms with E-state index in [1.165, 1.54) is 19.4 Å². The summed E-state index contributed by atoms with van der Waals surface area (Å²) in [7, 11) is 1.51. The number of benzene rings is 1. The van der Waals surface area contributed by atoms with Crippen LogP contribution in [0.25, 0.3) is 0 Å². The van der Waals surface area contributed by atoms with E-state index in [9.17, 15) is 4.79 Å². The van der Waals surface area contributed by atoms with Gasteiger partial charge in [-0.3, -0.25) is 4.79 Å². The summed E-state index contributed by atoms with van der Waals surface area (Å²) in [5, 5.41) is 2.64. The van der Waals surface area contributed by atoms with Gasteiger partial charge in [-0.25, -0.2) is 9.97 Å². The lowest BCUT2D eigenvalue weighted by atomic mass is 10.2. The molecular formula is C12H10Br2N4O2. The fourth-order valence-corrected chi connectivity index (χ4v) is 2.40. The van der Waals surface area contributed by atoms with Crippen molar-refractivity contribution < 1.29 is 9.53 Å². The van der Waals surface area contributed by atoms with Crippen molar-refractivity contribution >= 4 is 49.3 Å². The molecule has 0 spiro atoms. The zero-order valence-corrected chi connectivity index (χ0v) is 13.5. The topological polar surface area (TPSA) is 90.1 Å². The quantitative estimate of drug-likeness (QED) is 0.771. The van der Waals surface area contributed by atoms with Crippen LogP contribution in [0, 0.1) is 0 Å². The standard InChI is InChI=1S/C12H10Br2N4O2/c1-20-8-3-2-6(4-7(8)15)12(19)18-11-10(14)17-9(13)5-16-11/h2-5H,15H2,1H3,(H,16,18,19). The van der Waals surface area contributed by atoms with Crippen LogP contribution in [0.2, 0.25) is 0 Å². The van der Waals surface area contributed by atoms with E-state index in [0.717, 1.165) is 0 Å². The molecule has 1 aromatic carbocycles. The van der Waals surface area contributed by atoms with E-state index in [2.05, 4.69) is 47.1 Å². The molecule has 0 aliphatic rings. The smallest absolute Gasteiger partial charge is 0.256 e. The minimum Gasteiger partial charge on any atom is -0.495 e. The highest BCUT2D eigenvalue weighted by Crippen LogP contribution is 2.23. The van der Waals surface area contributed by atoms with E-state index in [4.69, 9.17) is 10.5 Å².